The maximum Gasteiger partial charge on any atom is 0.0381 e. The van der Waals surface area contributed by atoms with Crippen LogP contribution in [0.15, 0.2) is 22.7 Å². The highest BCUT2D eigenvalue weighted by molar-refractivity contribution is 9.10. The van der Waals surface area contributed by atoms with Gasteiger partial charge in [-0.2, -0.15) is 11.8 Å². The van der Waals surface area contributed by atoms with Crippen LogP contribution in [0.25, 0.3) is 0 Å². The molecule has 1 nitrogen and oxygen atoms in total. The molecule has 0 atom stereocenters. The first-order valence-corrected chi connectivity index (χ1v) is 7.42. The van der Waals surface area contributed by atoms with Crippen molar-refractivity contribution >= 4 is 33.4 Å². The fourth-order valence-electron chi connectivity index (χ4n) is 1.39. The minimum Gasteiger partial charge on any atom is -0.385 e. The highest BCUT2D eigenvalue weighted by Gasteiger charge is 1.99. The van der Waals surface area contributed by atoms with Gasteiger partial charge in [0.25, 0.3) is 0 Å². The van der Waals surface area contributed by atoms with Crippen molar-refractivity contribution < 1.29 is 0 Å². The van der Waals surface area contributed by atoms with Crippen LogP contribution in [0.2, 0.25) is 0 Å². The smallest absolute Gasteiger partial charge is 0.0381 e. The van der Waals surface area contributed by atoms with Gasteiger partial charge in [0.2, 0.25) is 0 Å². The molecule has 1 rings (SSSR count). The number of unbranched alkanes of at least 4 members (excludes halogenated alkanes) is 1. The summed E-state index contributed by atoms with van der Waals surface area (Å²) in [6, 6.07) is 6.28. The molecular weight excluding hydrogens is 270 g/mol. The maximum absolute atomic E-state index is 3.54. The quantitative estimate of drug-likeness (QED) is 0.783. The lowest BCUT2D eigenvalue weighted by atomic mass is 10.2. The maximum atomic E-state index is 3.54. The van der Waals surface area contributed by atoms with E-state index in [-0.39, 0.29) is 0 Å². The second kappa shape index (κ2) is 7.18. The van der Waals surface area contributed by atoms with E-state index in [2.05, 4.69) is 52.6 Å². The zero-order valence-electron chi connectivity index (χ0n) is 9.35. The Balaban J connectivity index is 2.34. The molecule has 0 aromatic heterocycles. The zero-order valence-corrected chi connectivity index (χ0v) is 11.7. The normalized spacial score (nSPS) is 10.3. The molecule has 0 fully saturated rings. The fraction of sp³-hybridized carbons (Fsp3) is 0.500. The summed E-state index contributed by atoms with van der Waals surface area (Å²) < 4.78 is 1.18. The third kappa shape index (κ3) is 4.47. The van der Waals surface area contributed by atoms with Crippen LogP contribution in [-0.2, 0) is 0 Å². The zero-order chi connectivity index (χ0) is 11.1. The second-order valence-corrected chi connectivity index (χ2v) is 5.38. The van der Waals surface area contributed by atoms with Crippen molar-refractivity contribution in [2.75, 3.05) is 23.9 Å². The van der Waals surface area contributed by atoms with Crippen LogP contribution in [0.4, 0.5) is 5.69 Å². The van der Waals surface area contributed by atoms with E-state index in [0.717, 1.165) is 6.54 Å². The molecule has 0 radical (unpaired) electrons. The molecule has 0 saturated carbocycles. The number of hydrogen-bond acceptors (Lipinski definition) is 2. The molecule has 0 bridgehead atoms. The van der Waals surface area contributed by atoms with Crippen molar-refractivity contribution in [2.45, 2.75) is 19.8 Å². The van der Waals surface area contributed by atoms with Gasteiger partial charge in [-0.05, 0) is 49.5 Å². The topological polar surface area (TPSA) is 12.0 Å². The number of nitrogens with one attached hydrogen (secondary N) is 1. The first-order valence-electron chi connectivity index (χ1n) is 5.23. The molecule has 0 aliphatic carbocycles. The van der Waals surface area contributed by atoms with Crippen LogP contribution in [0.3, 0.4) is 0 Å². The van der Waals surface area contributed by atoms with Gasteiger partial charge in [0.15, 0.2) is 0 Å². The van der Waals surface area contributed by atoms with Gasteiger partial charge < -0.3 is 5.32 Å². The molecule has 1 aromatic carbocycles. The minimum absolute atomic E-state index is 1.07. The average Bonchev–Trinajstić information content (AvgIpc) is 2.24. The van der Waals surface area contributed by atoms with Crippen LogP contribution in [0.1, 0.15) is 18.4 Å². The lowest BCUT2D eigenvalue weighted by molar-refractivity contribution is 0.842. The third-order valence-corrected chi connectivity index (χ3v) is 3.91. The predicted molar refractivity (Wildman–Crippen MR) is 75.0 cm³/mol. The molecule has 0 heterocycles. The van der Waals surface area contributed by atoms with Gasteiger partial charge >= 0.3 is 0 Å². The molecule has 15 heavy (non-hydrogen) atoms. The first kappa shape index (κ1) is 12.9. The molecular formula is C12H18BrNS. The fourth-order valence-corrected chi connectivity index (χ4v) is 2.25. The van der Waals surface area contributed by atoms with Crippen LogP contribution in [0.5, 0.6) is 0 Å². The van der Waals surface area contributed by atoms with E-state index >= 15 is 0 Å². The van der Waals surface area contributed by atoms with Crippen molar-refractivity contribution in [2.24, 2.45) is 0 Å². The van der Waals surface area contributed by atoms with Gasteiger partial charge in [-0.1, -0.05) is 22.0 Å². The standard InChI is InChI=1S/C12H18BrNS/c1-10-11(13)6-5-7-12(10)14-8-3-4-9-15-2/h5-7,14H,3-4,8-9H2,1-2H3. The van der Waals surface area contributed by atoms with Crippen molar-refractivity contribution in [3.05, 3.63) is 28.2 Å². The van der Waals surface area contributed by atoms with Crippen LogP contribution >= 0.6 is 27.7 Å². The number of halogens is 1. The van der Waals surface area contributed by atoms with Crippen molar-refractivity contribution in [3.8, 4) is 0 Å². The summed E-state index contributed by atoms with van der Waals surface area (Å²) in [5.41, 5.74) is 2.54. The van der Waals surface area contributed by atoms with Crippen LogP contribution in [-0.4, -0.2) is 18.6 Å². The highest BCUT2D eigenvalue weighted by Crippen LogP contribution is 2.23. The molecule has 0 aliphatic heterocycles. The molecule has 3 heteroatoms. The third-order valence-electron chi connectivity index (χ3n) is 2.36. The summed E-state index contributed by atoms with van der Waals surface area (Å²) in [6.07, 6.45) is 4.69. The molecule has 0 aliphatic rings. The summed E-state index contributed by atoms with van der Waals surface area (Å²) in [5, 5.41) is 3.47. The SMILES string of the molecule is CSCCCCNc1cccc(Br)c1C. The number of anilines is 1. The molecule has 1 aromatic rings. The Morgan fingerprint density at radius 3 is 2.87 bits per heavy atom. The Labute approximate surface area is 105 Å². The Morgan fingerprint density at radius 2 is 2.13 bits per heavy atom. The van der Waals surface area contributed by atoms with Gasteiger partial charge in [-0.25, -0.2) is 0 Å². The number of thioether (sulfide) groups is 1. The van der Waals surface area contributed by atoms with Gasteiger partial charge in [0, 0.05) is 16.7 Å². The minimum atomic E-state index is 1.07. The Hall–Kier alpha value is -0.150. The molecule has 0 spiro atoms. The van der Waals surface area contributed by atoms with E-state index in [4.69, 9.17) is 0 Å². The number of rotatable bonds is 6. The van der Waals surface area contributed by atoms with Crippen LogP contribution in [0, 0.1) is 6.92 Å². The summed E-state index contributed by atoms with van der Waals surface area (Å²) in [5.74, 6) is 1.26. The van der Waals surface area contributed by atoms with E-state index in [1.807, 2.05) is 11.8 Å². The Bertz CT molecular complexity index is 302. The molecule has 0 unspecified atom stereocenters. The monoisotopic (exact) mass is 287 g/mol. The second-order valence-electron chi connectivity index (χ2n) is 3.54. The Kier molecular flexibility index (Phi) is 6.18. The predicted octanol–water partition coefficient (Wildman–Crippen LogP) is 4.31. The van der Waals surface area contributed by atoms with Crippen molar-refractivity contribution in [1.82, 2.24) is 0 Å². The van der Waals surface area contributed by atoms with Gasteiger partial charge in [0.05, 0.1) is 0 Å². The summed E-state index contributed by atoms with van der Waals surface area (Å²) >= 11 is 5.45. The summed E-state index contributed by atoms with van der Waals surface area (Å²) in [4.78, 5) is 0. The van der Waals surface area contributed by atoms with E-state index in [9.17, 15) is 0 Å². The number of hydrogen-bond donors (Lipinski definition) is 1. The molecule has 84 valence electrons. The van der Waals surface area contributed by atoms with E-state index in [0.29, 0.717) is 0 Å². The van der Waals surface area contributed by atoms with E-state index in [1.54, 1.807) is 0 Å². The van der Waals surface area contributed by atoms with Crippen molar-refractivity contribution in [1.29, 1.82) is 0 Å². The van der Waals surface area contributed by atoms with Gasteiger partial charge in [-0.3, -0.25) is 0 Å². The summed E-state index contributed by atoms with van der Waals surface area (Å²) in [6.45, 7) is 3.20. The number of benzene rings is 1. The lowest BCUT2D eigenvalue weighted by Gasteiger charge is -2.10. The molecule has 0 amide bonds. The summed E-state index contributed by atoms with van der Waals surface area (Å²) in [7, 11) is 0. The molecule has 1 N–H and O–H groups in total. The lowest BCUT2D eigenvalue weighted by Crippen LogP contribution is -2.03. The molecule has 0 saturated heterocycles. The van der Waals surface area contributed by atoms with Gasteiger partial charge in [0.1, 0.15) is 0 Å². The van der Waals surface area contributed by atoms with Crippen LogP contribution < -0.4 is 5.32 Å². The Morgan fingerprint density at radius 1 is 1.33 bits per heavy atom. The largest absolute Gasteiger partial charge is 0.385 e. The first-order chi connectivity index (χ1) is 7.25. The van der Waals surface area contributed by atoms with E-state index in [1.165, 1.54) is 34.3 Å². The van der Waals surface area contributed by atoms with E-state index < -0.39 is 0 Å². The average molecular weight is 288 g/mol. The van der Waals surface area contributed by atoms with Crippen molar-refractivity contribution in [3.63, 3.8) is 0 Å². The highest BCUT2D eigenvalue weighted by atomic mass is 79.9. The van der Waals surface area contributed by atoms with Gasteiger partial charge in [-0.15, -0.1) is 0 Å².